The Hall–Kier alpha value is -0.940. The first kappa shape index (κ1) is 9.61. The molecule has 0 bridgehead atoms. The summed E-state index contributed by atoms with van der Waals surface area (Å²) < 4.78 is 0. The molecule has 2 N–H and O–H groups in total. The highest BCUT2D eigenvalue weighted by atomic mass is 32.1. The zero-order chi connectivity index (χ0) is 9.97. The molecular weight excluding hydrogens is 198 g/mol. The number of aryl methyl sites for hydroxylation is 1. The quantitative estimate of drug-likeness (QED) is 0.762. The van der Waals surface area contributed by atoms with Crippen molar-refractivity contribution in [3.05, 3.63) is 16.1 Å². The molecule has 1 unspecified atom stereocenters. The van der Waals surface area contributed by atoms with E-state index in [2.05, 4.69) is 15.6 Å². The Morgan fingerprint density at radius 2 is 2.64 bits per heavy atom. The van der Waals surface area contributed by atoms with E-state index in [1.54, 1.807) is 11.3 Å². The van der Waals surface area contributed by atoms with Crippen molar-refractivity contribution in [1.82, 2.24) is 15.6 Å². The second-order valence-corrected chi connectivity index (χ2v) is 4.39. The summed E-state index contributed by atoms with van der Waals surface area (Å²) in [6.07, 6.45) is 0.595. The maximum Gasteiger partial charge on any atom is 0.221 e. The third-order valence-corrected chi connectivity index (χ3v) is 3.31. The van der Waals surface area contributed by atoms with Gasteiger partial charge >= 0.3 is 0 Å². The van der Waals surface area contributed by atoms with E-state index < -0.39 is 0 Å². The van der Waals surface area contributed by atoms with Gasteiger partial charge in [-0.3, -0.25) is 4.79 Å². The molecule has 1 atom stereocenters. The van der Waals surface area contributed by atoms with E-state index >= 15 is 0 Å². The van der Waals surface area contributed by atoms with E-state index in [1.807, 2.05) is 12.4 Å². The van der Waals surface area contributed by atoms with E-state index in [-0.39, 0.29) is 11.9 Å². The molecule has 0 radical (unpaired) electrons. The molecule has 4 nitrogen and oxygen atoms in total. The maximum atomic E-state index is 10.9. The number of aromatic nitrogens is 1. The summed E-state index contributed by atoms with van der Waals surface area (Å²) in [5.41, 5.74) is 2.93. The van der Waals surface area contributed by atoms with Crippen LogP contribution < -0.4 is 10.6 Å². The molecule has 0 aliphatic carbocycles. The van der Waals surface area contributed by atoms with Crippen LogP contribution in [0.2, 0.25) is 0 Å². The number of rotatable bonds is 3. The lowest BCUT2D eigenvalue weighted by molar-refractivity contribution is -0.119. The number of carbonyl (C=O) groups excluding carboxylic acids is 1. The topological polar surface area (TPSA) is 54.0 Å². The number of nitrogens with zero attached hydrogens (tertiary/aromatic N) is 1. The summed E-state index contributed by atoms with van der Waals surface area (Å²) >= 11 is 1.65. The molecule has 0 aromatic carbocycles. The molecule has 5 heteroatoms. The van der Waals surface area contributed by atoms with Gasteiger partial charge in [-0.2, -0.15) is 0 Å². The van der Waals surface area contributed by atoms with Gasteiger partial charge in [-0.25, -0.2) is 4.98 Å². The normalized spacial score (nSPS) is 21.2. The molecule has 1 saturated heterocycles. The Balaban J connectivity index is 1.83. The molecule has 1 amide bonds. The van der Waals surface area contributed by atoms with Crippen LogP contribution >= 0.6 is 11.3 Å². The van der Waals surface area contributed by atoms with Crippen LogP contribution in [0.3, 0.4) is 0 Å². The van der Waals surface area contributed by atoms with E-state index in [9.17, 15) is 4.79 Å². The van der Waals surface area contributed by atoms with Crippen molar-refractivity contribution < 1.29 is 4.79 Å². The molecule has 1 aromatic rings. The number of hydrogen-bond acceptors (Lipinski definition) is 4. The molecule has 0 saturated carbocycles. The molecule has 14 heavy (non-hydrogen) atoms. The van der Waals surface area contributed by atoms with Crippen molar-refractivity contribution in [3.8, 4) is 0 Å². The average molecular weight is 211 g/mol. The highest BCUT2D eigenvalue weighted by molar-refractivity contribution is 7.09. The fraction of sp³-hybridized carbons (Fsp3) is 0.556. The van der Waals surface area contributed by atoms with Crippen LogP contribution in [0.25, 0.3) is 0 Å². The third kappa shape index (κ3) is 2.10. The third-order valence-electron chi connectivity index (χ3n) is 2.37. The van der Waals surface area contributed by atoms with Gasteiger partial charge in [0.25, 0.3) is 0 Å². The SMILES string of the molecule is Cc1ncsc1CNC1CNC(=O)C1. The first-order chi connectivity index (χ1) is 6.75. The van der Waals surface area contributed by atoms with Gasteiger partial charge in [-0.05, 0) is 6.92 Å². The summed E-state index contributed by atoms with van der Waals surface area (Å²) in [7, 11) is 0. The predicted molar refractivity (Wildman–Crippen MR) is 55.1 cm³/mol. The number of thiazole rings is 1. The molecule has 0 spiro atoms. The Morgan fingerprint density at radius 1 is 1.79 bits per heavy atom. The number of carbonyl (C=O) groups is 1. The van der Waals surface area contributed by atoms with Crippen molar-refractivity contribution in [2.24, 2.45) is 0 Å². The van der Waals surface area contributed by atoms with Crippen LogP contribution in [-0.4, -0.2) is 23.5 Å². The first-order valence-electron chi connectivity index (χ1n) is 4.65. The zero-order valence-electron chi connectivity index (χ0n) is 8.04. The minimum Gasteiger partial charge on any atom is -0.354 e. The summed E-state index contributed by atoms with van der Waals surface area (Å²) in [5.74, 6) is 0.142. The van der Waals surface area contributed by atoms with Crippen LogP contribution in [0.5, 0.6) is 0 Å². The summed E-state index contributed by atoms with van der Waals surface area (Å²) in [4.78, 5) is 16.3. The van der Waals surface area contributed by atoms with Crippen LogP contribution in [-0.2, 0) is 11.3 Å². The first-order valence-corrected chi connectivity index (χ1v) is 5.52. The number of nitrogens with one attached hydrogen (secondary N) is 2. The monoisotopic (exact) mass is 211 g/mol. The van der Waals surface area contributed by atoms with Crippen LogP contribution in [0, 0.1) is 6.92 Å². The minimum atomic E-state index is 0.142. The predicted octanol–water partition coefficient (Wildman–Crippen LogP) is 0.430. The van der Waals surface area contributed by atoms with Gasteiger partial charge in [0.2, 0.25) is 5.91 Å². The van der Waals surface area contributed by atoms with Crippen LogP contribution in [0.4, 0.5) is 0 Å². The van der Waals surface area contributed by atoms with Gasteiger partial charge in [-0.15, -0.1) is 11.3 Å². The minimum absolute atomic E-state index is 0.142. The van der Waals surface area contributed by atoms with Gasteiger partial charge in [0.15, 0.2) is 0 Å². The van der Waals surface area contributed by atoms with E-state index in [0.717, 1.165) is 18.8 Å². The largest absolute Gasteiger partial charge is 0.354 e. The van der Waals surface area contributed by atoms with Gasteiger partial charge < -0.3 is 10.6 Å². The lowest BCUT2D eigenvalue weighted by Gasteiger charge is -2.08. The Kier molecular flexibility index (Phi) is 2.79. The van der Waals surface area contributed by atoms with Gasteiger partial charge in [0.1, 0.15) is 0 Å². The summed E-state index contributed by atoms with van der Waals surface area (Å²) in [6, 6.07) is 0.281. The highest BCUT2D eigenvalue weighted by Gasteiger charge is 2.20. The number of hydrogen-bond donors (Lipinski definition) is 2. The fourth-order valence-electron chi connectivity index (χ4n) is 1.48. The smallest absolute Gasteiger partial charge is 0.221 e. The maximum absolute atomic E-state index is 10.9. The Bertz CT molecular complexity index is 337. The highest BCUT2D eigenvalue weighted by Crippen LogP contribution is 2.12. The average Bonchev–Trinajstić information content (AvgIpc) is 2.72. The molecule has 1 aromatic heterocycles. The van der Waals surface area contributed by atoms with Crippen molar-refractivity contribution in [2.75, 3.05) is 6.54 Å². The van der Waals surface area contributed by atoms with E-state index in [4.69, 9.17) is 0 Å². The zero-order valence-corrected chi connectivity index (χ0v) is 8.86. The molecule has 2 heterocycles. The van der Waals surface area contributed by atoms with Crippen LogP contribution in [0.1, 0.15) is 17.0 Å². The van der Waals surface area contributed by atoms with Crippen molar-refractivity contribution >= 4 is 17.2 Å². The number of amides is 1. The molecule has 76 valence electrons. The van der Waals surface area contributed by atoms with Crippen molar-refractivity contribution in [2.45, 2.75) is 25.9 Å². The van der Waals surface area contributed by atoms with E-state index in [1.165, 1.54) is 4.88 Å². The molecule has 2 rings (SSSR count). The summed E-state index contributed by atoms with van der Waals surface area (Å²) in [6.45, 7) is 3.57. The van der Waals surface area contributed by atoms with Gasteiger partial charge in [0.05, 0.1) is 11.2 Å². The molecule has 1 fully saturated rings. The van der Waals surface area contributed by atoms with Gasteiger partial charge in [-0.1, -0.05) is 0 Å². The molecule has 1 aliphatic rings. The van der Waals surface area contributed by atoms with Crippen molar-refractivity contribution in [3.63, 3.8) is 0 Å². The standard InChI is InChI=1S/C9H13N3OS/c1-6-8(14-5-12-6)4-10-7-2-9(13)11-3-7/h5,7,10H,2-4H2,1H3,(H,11,13). The van der Waals surface area contributed by atoms with Crippen LogP contribution in [0.15, 0.2) is 5.51 Å². The lowest BCUT2D eigenvalue weighted by Crippen LogP contribution is -2.30. The summed E-state index contributed by atoms with van der Waals surface area (Å²) in [5, 5.41) is 6.14. The van der Waals surface area contributed by atoms with Crippen molar-refractivity contribution in [1.29, 1.82) is 0 Å². The lowest BCUT2D eigenvalue weighted by atomic mass is 10.2. The van der Waals surface area contributed by atoms with E-state index in [0.29, 0.717) is 6.42 Å². The Morgan fingerprint density at radius 3 is 3.21 bits per heavy atom. The molecular formula is C9H13N3OS. The Labute approximate surface area is 86.7 Å². The van der Waals surface area contributed by atoms with Gasteiger partial charge in [0, 0.05) is 30.4 Å². The molecule has 1 aliphatic heterocycles. The fourth-order valence-corrected chi connectivity index (χ4v) is 2.21. The second-order valence-electron chi connectivity index (χ2n) is 3.45. The second kappa shape index (κ2) is 4.06.